The van der Waals surface area contributed by atoms with Crippen LogP contribution in [0.3, 0.4) is 0 Å². The zero-order valence-electron chi connectivity index (χ0n) is 11.7. The second-order valence-electron chi connectivity index (χ2n) is 5.80. The minimum absolute atomic E-state index is 0.120. The Morgan fingerprint density at radius 1 is 0.950 bits per heavy atom. The van der Waals surface area contributed by atoms with E-state index in [1.54, 1.807) is 0 Å². The van der Waals surface area contributed by atoms with Crippen LogP contribution in [0.25, 0.3) is 0 Å². The van der Waals surface area contributed by atoms with Gasteiger partial charge >= 0.3 is 0 Å². The van der Waals surface area contributed by atoms with E-state index in [0.29, 0.717) is 19.1 Å². The third-order valence-corrected chi connectivity index (χ3v) is 4.09. The van der Waals surface area contributed by atoms with Gasteiger partial charge in [0.1, 0.15) is 0 Å². The van der Waals surface area contributed by atoms with E-state index in [4.69, 9.17) is 10.5 Å². The zero-order chi connectivity index (χ0) is 13.8. The maximum atomic E-state index is 6.38. The van der Waals surface area contributed by atoms with E-state index < -0.39 is 0 Å². The molecule has 0 aromatic heterocycles. The lowest BCUT2D eigenvalue weighted by Gasteiger charge is -2.12. The summed E-state index contributed by atoms with van der Waals surface area (Å²) in [6, 6.07) is 20.8. The van der Waals surface area contributed by atoms with Crippen molar-refractivity contribution >= 4 is 0 Å². The van der Waals surface area contributed by atoms with Crippen LogP contribution >= 0.6 is 0 Å². The van der Waals surface area contributed by atoms with E-state index in [-0.39, 0.29) is 5.54 Å². The fourth-order valence-corrected chi connectivity index (χ4v) is 2.68. The van der Waals surface area contributed by atoms with Gasteiger partial charge in [-0.1, -0.05) is 60.7 Å². The summed E-state index contributed by atoms with van der Waals surface area (Å²) in [6.45, 7) is 1.30. The minimum Gasteiger partial charge on any atom is -0.375 e. The third kappa shape index (κ3) is 3.27. The van der Waals surface area contributed by atoms with E-state index in [1.807, 2.05) is 18.2 Å². The lowest BCUT2D eigenvalue weighted by atomic mass is 10.1. The molecule has 2 atom stereocenters. The van der Waals surface area contributed by atoms with E-state index in [9.17, 15) is 0 Å². The molecule has 20 heavy (non-hydrogen) atoms. The first kappa shape index (κ1) is 13.3. The van der Waals surface area contributed by atoms with Crippen molar-refractivity contribution in [2.75, 3.05) is 6.61 Å². The number of nitrogens with two attached hydrogens (primary N) is 1. The van der Waals surface area contributed by atoms with E-state index in [2.05, 4.69) is 42.5 Å². The van der Waals surface area contributed by atoms with Gasteiger partial charge in [0.25, 0.3) is 0 Å². The highest BCUT2D eigenvalue weighted by Crippen LogP contribution is 2.43. The summed E-state index contributed by atoms with van der Waals surface area (Å²) in [5, 5.41) is 0. The van der Waals surface area contributed by atoms with Crippen molar-refractivity contribution in [2.45, 2.75) is 25.0 Å². The minimum atomic E-state index is -0.120. The van der Waals surface area contributed by atoms with Crippen LogP contribution in [0.2, 0.25) is 0 Å². The molecule has 0 bridgehead atoms. The van der Waals surface area contributed by atoms with Crippen LogP contribution in [0.15, 0.2) is 60.7 Å². The van der Waals surface area contributed by atoms with Crippen molar-refractivity contribution in [3.8, 4) is 0 Å². The van der Waals surface area contributed by atoms with E-state index >= 15 is 0 Å². The summed E-state index contributed by atoms with van der Waals surface area (Å²) < 4.78 is 5.79. The van der Waals surface area contributed by atoms with Gasteiger partial charge in [0.2, 0.25) is 0 Å². The van der Waals surface area contributed by atoms with Gasteiger partial charge in [0.15, 0.2) is 0 Å². The number of ether oxygens (including phenoxy) is 1. The predicted molar refractivity (Wildman–Crippen MR) is 81.3 cm³/mol. The first-order chi connectivity index (χ1) is 9.76. The summed E-state index contributed by atoms with van der Waals surface area (Å²) in [4.78, 5) is 0. The van der Waals surface area contributed by atoms with Crippen molar-refractivity contribution in [1.82, 2.24) is 0 Å². The van der Waals surface area contributed by atoms with Crippen LogP contribution in [0, 0.1) is 5.92 Å². The molecule has 2 nitrogen and oxygen atoms in total. The number of hydrogen-bond acceptors (Lipinski definition) is 2. The summed E-state index contributed by atoms with van der Waals surface area (Å²) in [7, 11) is 0. The Kier molecular flexibility index (Phi) is 3.86. The highest BCUT2D eigenvalue weighted by atomic mass is 16.5. The SMILES string of the molecule is N[C@]1(COCc2ccccc2)C[C@@H]1Cc1ccccc1. The molecule has 1 saturated carbocycles. The molecular formula is C18H21NO. The second kappa shape index (κ2) is 5.78. The van der Waals surface area contributed by atoms with Crippen molar-refractivity contribution in [1.29, 1.82) is 0 Å². The van der Waals surface area contributed by atoms with Crippen LogP contribution in [0.5, 0.6) is 0 Å². The smallest absolute Gasteiger partial charge is 0.0717 e. The molecular weight excluding hydrogens is 246 g/mol. The van der Waals surface area contributed by atoms with Crippen molar-refractivity contribution in [2.24, 2.45) is 11.7 Å². The summed E-state index contributed by atoms with van der Waals surface area (Å²) in [5.41, 5.74) is 8.83. The Bertz CT molecular complexity index is 540. The van der Waals surface area contributed by atoms with Crippen LogP contribution in [-0.2, 0) is 17.8 Å². The largest absolute Gasteiger partial charge is 0.375 e. The van der Waals surface area contributed by atoms with Gasteiger partial charge in [-0.25, -0.2) is 0 Å². The number of benzene rings is 2. The quantitative estimate of drug-likeness (QED) is 0.872. The molecule has 0 heterocycles. The Balaban J connectivity index is 1.45. The van der Waals surface area contributed by atoms with E-state index in [1.165, 1.54) is 11.1 Å². The molecule has 0 aliphatic heterocycles. The maximum Gasteiger partial charge on any atom is 0.0717 e. The van der Waals surface area contributed by atoms with Gasteiger partial charge in [0.05, 0.1) is 13.2 Å². The maximum absolute atomic E-state index is 6.38. The molecule has 1 aliphatic carbocycles. The number of hydrogen-bond donors (Lipinski definition) is 1. The normalized spacial score (nSPS) is 24.6. The summed E-state index contributed by atoms with van der Waals surface area (Å²) in [5.74, 6) is 0.556. The fourth-order valence-electron chi connectivity index (χ4n) is 2.68. The highest BCUT2D eigenvalue weighted by Gasteiger charge is 2.50. The summed E-state index contributed by atoms with van der Waals surface area (Å²) >= 11 is 0. The average Bonchev–Trinajstić information content (AvgIpc) is 3.11. The van der Waals surface area contributed by atoms with Gasteiger partial charge in [-0.15, -0.1) is 0 Å². The molecule has 1 fully saturated rings. The van der Waals surface area contributed by atoms with Gasteiger partial charge in [-0.2, -0.15) is 0 Å². The molecule has 2 aromatic rings. The van der Waals surface area contributed by atoms with Gasteiger partial charge in [0, 0.05) is 5.54 Å². The van der Waals surface area contributed by atoms with E-state index in [0.717, 1.165) is 12.8 Å². The predicted octanol–water partition coefficient (Wildman–Crippen LogP) is 3.16. The number of rotatable bonds is 6. The van der Waals surface area contributed by atoms with Gasteiger partial charge in [-0.3, -0.25) is 0 Å². The molecule has 1 aliphatic rings. The third-order valence-electron chi connectivity index (χ3n) is 4.09. The van der Waals surface area contributed by atoms with Gasteiger partial charge < -0.3 is 10.5 Å². The molecule has 0 spiro atoms. The van der Waals surface area contributed by atoms with Crippen LogP contribution in [0.4, 0.5) is 0 Å². The first-order valence-electron chi connectivity index (χ1n) is 7.21. The lowest BCUT2D eigenvalue weighted by molar-refractivity contribution is 0.0980. The Labute approximate surface area is 120 Å². The molecule has 0 radical (unpaired) electrons. The van der Waals surface area contributed by atoms with Crippen molar-refractivity contribution in [3.63, 3.8) is 0 Å². The van der Waals surface area contributed by atoms with Crippen LogP contribution in [0.1, 0.15) is 17.5 Å². The average molecular weight is 267 g/mol. The molecule has 2 aromatic carbocycles. The highest BCUT2D eigenvalue weighted by molar-refractivity contribution is 5.20. The molecule has 2 heteroatoms. The van der Waals surface area contributed by atoms with Crippen molar-refractivity contribution < 1.29 is 4.74 Å². The fraction of sp³-hybridized carbons (Fsp3) is 0.333. The van der Waals surface area contributed by atoms with Gasteiger partial charge in [-0.05, 0) is 29.9 Å². The Hall–Kier alpha value is -1.64. The molecule has 0 unspecified atom stereocenters. The van der Waals surface area contributed by atoms with Crippen LogP contribution in [-0.4, -0.2) is 12.1 Å². The lowest BCUT2D eigenvalue weighted by Crippen LogP contribution is -2.31. The molecule has 3 rings (SSSR count). The van der Waals surface area contributed by atoms with Crippen molar-refractivity contribution in [3.05, 3.63) is 71.8 Å². The molecule has 0 saturated heterocycles. The second-order valence-corrected chi connectivity index (χ2v) is 5.80. The Morgan fingerprint density at radius 2 is 1.55 bits per heavy atom. The molecule has 0 amide bonds. The summed E-state index contributed by atoms with van der Waals surface area (Å²) in [6.07, 6.45) is 2.13. The standard InChI is InChI=1S/C18H21NO/c19-18(14-20-13-16-9-5-2-6-10-16)12-17(18)11-15-7-3-1-4-8-15/h1-10,17H,11-14,19H2/t17-,18-/m0/s1. The molecule has 104 valence electrons. The first-order valence-corrected chi connectivity index (χ1v) is 7.21. The zero-order valence-corrected chi connectivity index (χ0v) is 11.7. The monoisotopic (exact) mass is 267 g/mol. The Morgan fingerprint density at radius 3 is 2.20 bits per heavy atom. The topological polar surface area (TPSA) is 35.2 Å². The molecule has 2 N–H and O–H groups in total. The van der Waals surface area contributed by atoms with Crippen LogP contribution < -0.4 is 5.73 Å².